The second-order valence-electron chi connectivity index (χ2n) is 11.4. The molecule has 216 valence electrons. The van der Waals surface area contributed by atoms with Crippen LogP contribution in [0, 0.1) is 13.8 Å². The second-order valence-corrected chi connectivity index (χ2v) is 11.4. The van der Waals surface area contributed by atoms with E-state index in [-0.39, 0.29) is 30.7 Å². The first-order valence-corrected chi connectivity index (χ1v) is 13.5. The van der Waals surface area contributed by atoms with Crippen molar-refractivity contribution in [2.24, 2.45) is 0 Å². The lowest BCUT2D eigenvalue weighted by molar-refractivity contribution is -0.138. The van der Waals surface area contributed by atoms with Crippen LogP contribution in [0.2, 0.25) is 0 Å². The lowest BCUT2D eigenvalue weighted by atomic mass is 9.85. The van der Waals surface area contributed by atoms with Crippen LogP contribution in [-0.2, 0) is 15.0 Å². The van der Waals surface area contributed by atoms with Crippen LogP contribution in [0.15, 0.2) is 59.7 Å². The largest absolute Gasteiger partial charge is 0.486 e. The van der Waals surface area contributed by atoms with Crippen LogP contribution in [0.25, 0.3) is 11.1 Å². The molecule has 0 saturated carbocycles. The first-order valence-electron chi connectivity index (χ1n) is 13.5. The van der Waals surface area contributed by atoms with Gasteiger partial charge in [0.1, 0.15) is 11.9 Å². The number of nitrogens with one attached hydrogen (secondary N) is 1. The van der Waals surface area contributed by atoms with Crippen molar-refractivity contribution >= 4 is 11.9 Å². The van der Waals surface area contributed by atoms with Crippen molar-refractivity contribution < 1.29 is 32.6 Å². The molecule has 1 atom stereocenters. The normalized spacial score (nSPS) is 14.7. The van der Waals surface area contributed by atoms with Gasteiger partial charge in [-0.05, 0) is 84.0 Å². The van der Waals surface area contributed by atoms with Gasteiger partial charge < -0.3 is 15.2 Å². The molecule has 0 spiro atoms. The quantitative estimate of drug-likeness (QED) is 0.316. The van der Waals surface area contributed by atoms with Crippen molar-refractivity contribution in [2.75, 3.05) is 6.54 Å². The summed E-state index contributed by atoms with van der Waals surface area (Å²) in [5.74, 6) is -0.886. The molecule has 0 aliphatic heterocycles. The van der Waals surface area contributed by atoms with E-state index in [0.717, 1.165) is 22.3 Å². The van der Waals surface area contributed by atoms with Gasteiger partial charge in [0.05, 0.1) is 6.42 Å². The molecule has 0 saturated heterocycles. The third-order valence-electron chi connectivity index (χ3n) is 7.03. The molecular weight excluding hydrogens is 519 g/mol. The van der Waals surface area contributed by atoms with Gasteiger partial charge in [-0.3, -0.25) is 9.59 Å². The second kappa shape index (κ2) is 12.7. The van der Waals surface area contributed by atoms with Crippen LogP contribution < -0.4 is 10.1 Å². The Morgan fingerprint density at radius 3 is 2.12 bits per heavy atom. The van der Waals surface area contributed by atoms with Crippen molar-refractivity contribution in [3.63, 3.8) is 0 Å². The van der Waals surface area contributed by atoms with E-state index in [9.17, 15) is 22.8 Å². The number of aliphatic carboxylic acids is 1. The summed E-state index contributed by atoms with van der Waals surface area (Å²) in [6.07, 6.45) is -2.60. The fourth-order valence-electron chi connectivity index (χ4n) is 4.87. The first kappa shape index (κ1) is 31.0. The molecule has 40 heavy (non-hydrogen) atoms. The summed E-state index contributed by atoms with van der Waals surface area (Å²) in [6, 6.07) is 12.2. The molecule has 0 radical (unpaired) electrons. The monoisotopic (exact) mass is 557 g/mol. The number of rotatable bonds is 10. The zero-order chi connectivity index (χ0) is 29.7. The molecular formula is C32H38F3NO4. The summed E-state index contributed by atoms with van der Waals surface area (Å²) in [4.78, 5) is 23.0. The molecule has 3 rings (SSSR count). The number of carbonyl (C=O) groups excluding carboxylic acids is 1. The minimum absolute atomic E-state index is 0.00876. The standard InChI is InChI=1S/C32H38F3NO4/c1-20-18-26(19-21(2)29(20)23-10-12-25(13-11-23)31(3,4)5)40-27(14-16-32(33,34)35)22-6-8-24(9-7-22)30(39)36-17-15-28(37)38/h6,8,10-13,18-19,27H,7,9,14-17H2,1-5H3,(H,36,39)(H,37,38). The minimum Gasteiger partial charge on any atom is -0.486 e. The number of benzene rings is 2. The minimum atomic E-state index is -4.32. The Balaban J connectivity index is 1.82. The molecule has 0 fully saturated rings. The van der Waals surface area contributed by atoms with Gasteiger partial charge in [0, 0.05) is 18.5 Å². The molecule has 5 nitrogen and oxygen atoms in total. The highest BCUT2D eigenvalue weighted by Gasteiger charge is 2.31. The number of halogens is 3. The molecule has 0 bridgehead atoms. The molecule has 8 heteroatoms. The summed E-state index contributed by atoms with van der Waals surface area (Å²) >= 11 is 0. The number of carboxylic acids is 1. The van der Waals surface area contributed by atoms with Gasteiger partial charge in [-0.15, -0.1) is 0 Å². The van der Waals surface area contributed by atoms with Crippen molar-refractivity contribution in [1.82, 2.24) is 5.32 Å². The maximum absolute atomic E-state index is 13.2. The Bertz CT molecular complexity index is 1260. The zero-order valence-electron chi connectivity index (χ0n) is 23.7. The van der Waals surface area contributed by atoms with Crippen LogP contribution >= 0.6 is 0 Å². The molecule has 2 aromatic carbocycles. The Kier molecular flexibility index (Phi) is 9.87. The number of ether oxygens (including phenoxy) is 1. The van der Waals surface area contributed by atoms with E-state index < -0.39 is 24.7 Å². The van der Waals surface area contributed by atoms with E-state index in [1.807, 2.05) is 26.0 Å². The molecule has 2 aromatic rings. The van der Waals surface area contributed by atoms with Crippen LogP contribution in [0.3, 0.4) is 0 Å². The lowest BCUT2D eigenvalue weighted by Gasteiger charge is -2.26. The number of alkyl halides is 3. The number of allylic oxidation sites excluding steroid dienone is 2. The van der Waals surface area contributed by atoms with Gasteiger partial charge in [0.25, 0.3) is 0 Å². The van der Waals surface area contributed by atoms with Gasteiger partial charge in [0.2, 0.25) is 5.91 Å². The Morgan fingerprint density at radius 1 is 1.00 bits per heavy atom. The van der Waals surface area contributed by atoms with Crippen LogP contribution in [0.1, 0.15) is 69.6 Å². The number of hydrogen-bond acceptors (Lipinski definition) is 3. The van der Waals surface area contributed by atoms with Gasteiger partial charge in [-0.2, -0.15) is 13.2 Å². The molecule has 1 aliphatic rings. The lowest BCUT2D eigenvalue weighted by Crippen LogP contribution is -2.29. The zero-order valence-corrected chi connectivity index (χ0v) is 23.7. The van der Waals surface area contributed by atoms with Crippen LogP contribution in [0.5, 0.6) is 5.75 Å². The fourth-order valence-corrected chi connectivity index (χ4v) is 4.87. The molecule has 1 unspecified atom stereocenters. The fraction of sp³-hybridized carbons (Fsp3) is 0.438. The molecule has 2 N–H and O–H groups in total. The van der Waals surface area contributed by atoms with E-state index >= 15 is 0 Å². The van der Waals surface area contributed by atoms with Crippen molar-refractivity contribution in [2.45, 2.75) is 84.4 Å². The number of aryl methyl sites for hydroxylation is 2. The molecule has 0 aromatic heterocycles. The summed E-state index contributed by atoms with van der Waals surface area (Å²) in [5, 5.41) is 11.3. The number of carboxylic acid groups (broad SMARTS) is 1. The Labute approximate surface area is 234 Å². The highest BCUT2D eigenvalue weighted by atomic mass is 19.4. The highest BCUT2D eigenvalue weighted by molar-refractivity contribution is 5.94. The smallest absolute Gasteiger partial charge is 0.389 e. The van der Waals surface area contributed by atoms with E-state index in [0.29, 0.717) is 29.7 Å². The summed E-state index contributed by atoms with van der Waals surface area (Å²) in [5.41, 5.74) is 6.47. The van der Waals surface area contributed by atoms with E-state index in [2.05, 4.69) is 50.4 Å². The van der Waals surface area contributed by atoms with Crippen molar-refractivity contribution in [3.05, 3.63) is 76.4 Å². The van der Waals surface area contributed by atoms with Gasteiger partial charge >= 0.3 is 12.1 Å². The van der Waals surface area contributed by atoms with Crippen LogP contribution in [0.4, 0.5) is 13.2 Å². The third kappa shape index (κ3) is 8.73. The highest BCUT2D eigenvalue weighted by Crippen LogP contribution is 2.35. The molecule has 1 amide bonds. The topological polar surface area (TPSA) is 75.6 Å². The third-order valence-corrected chi connectivity index (χ3v) is 7.03. The summed E-state index contributed by atoms with van der Waals surface area (Å²) in [7, 11) is 0. The average molecular weight is 558 g/mol. The Morgan fingerprint density at radius 2 is 1.62 bits per heavy atom. The van der Waals surface area contributed by atoms with Crippen molar-refractivity contribution in [3.8, 4) is 16.9 Å². The number of carbonyl (C=O) groups is 2. The SMILES string of the molecule is Cc1cc(OC(CCC(F)(F)F)C2=CC=C(C(=O)NCCC(=O)O)CC2)cc(C)c1-c1ccc(C(C)(C)C)cc1. The van der Waals surface area contributed by atoms with Gasteiger partial charge in [-0.25, -0.2) is 0 Å². The Hall–Kier alpha value is -3.55. The van der Waals surface area contributed by atoms with E-state index in [1.165, 1.54) is 5.56 Å². The molecule has 1 aliphatic carbocycles. The van der Waals surface area contributed by atoms with Gasteiger partial charge in [0.15, 0.2) is 0 Å². The number of hydrogen-bond donors (Lipinski definition) is 2. The van der Waals surface area contributed by atoms with E-state index in [4.69, 9.17) is 9.84 Å². The predicted octanol–water partition coefficient (Wildman–Crippen LogP) is 7.60. The molecule has 0 heterocycles. The van der Waals surface area contributed by atoms with Gasteiger partial charge in [-0.1, -0.05) is 57.2 Å². The van der Waals surface area contributed by atoms with Crippen LogP contribution in [-0.4, -0.2) is 35.8 Å². The number of amides is 1. The maximum atomic E-state index is 13.2. The first-order chi connectivity index (χ1) is 18.6. The summed E-state index contributed by atoms with van der Waals surface area (Å²) in [6.45, 7) is 10.4. The average Bonchev–Trinajstić information content (AvgIpc) is 2.85. The predicted molar refractivity (Wildman–Crippen MR) is 150 cm³/mol. The van der Waals surface area contributed by atoms with E-state index in [1.54, 1.807) is 12.2 Å². The summed E-state index contributed by atoms with van der Waals surface area (Å²) < 4.78 is 45.7. The maximum Gasteiger partial charge on any atom is 0.389 e. The van der Waals surface area contributed by atoms with Crippen molar-refractivity contribution in [1.29, 1.82) is 0 Å².